The summed E-state index contributed by atoms with van der Waals surface area (Å²) in [6.45, 7) is 4.52. The van der Waals surface area contributed by atoms with Gasteiger partial charge in [0.25, 0.3) is 0 Å². The summed E-state index contributed by atoms with van der Waals surface area (Å²) in [7, 11) is 0. The number of para-hydroxylation sites is 1. The molecule has 0 bridgehead atoms. The van der Waals surface area contributed by atoms with Crippen LogP contribution in [-0.2, 0) is 4.79 Å². The van der Waals surface area contributed by atoms with Gasteiger partial charge in [-0.15, -0.1) is 0 Å². The highest BCUT2D eigenvalue weighted by Gasteiger charge is 2.40. The number of nitrogens with one attached hydrogen (secondary N) is 3. The molecule has 154 valence electrons. The molecule has 0 spiro atoms. The Morgan fingerprint density at radius 3 is 2.63 bits per heavy atom. The molecule has 4 rings (SSSR count). The molecular formula is C23H25N5OS. The lowest BCUT2D eigenvalue weighted by Gasteiger charge is -2.26. The lowest BCUT2D eigenvalue weighted by Crippen LogP contribution is -2.32. The fourth-order valence-electron chi connectivity index (χ4n) is 3.83. The molecule has 3 heterocycles. The zero-order valence-corrected chi connectivity index (χ0v) is 17.9. The number of benzene rings is 1. The molecule has 2 aromatic heterocycles. The van der Waals surface area contributed by atoms with Crippen molar-refractivity contribution in [1.29, 1.82) is 0 Å². The molecule has 3 aromatic rings. The van der Waals surface area contributed by atoms with Gasteiger partial charge in [0.2, 0.25) is 5.91 Å². The third-order valence-electron chi connectivity index (χ3n) is 5.37. The fraction of sp³-hybridized carbons (Fsp3) is 0.261. The van der Waals surface area contributed by atoms with Crippen LogP contribution >= 0.6 is 12.2 Å². The molecule has 0 saturated carbocycles. The van der Waals surface area contributed by atoms with Gasteiger partial charge in [-0.3, -0.25) is 9.78 Å². The Morgan fingerprint density at radius 1 is 1.13 bits per heavy atom. The highest BCUT2D eigenvalue weighted by Crippen LogP contribution is 2.38. The average Bonchev–Trinajstić information content (AvgIpc) is 3.31. The van der Waals surface area contributed by atoms with Crippen LogP contribution in [0.3, 0.4) is 0 Å². The third kappa shape index (κ3) is 4.21. The van der Waals surface area contributed by atoms with Gasteiger partial charge >= 0.3 is 0 Å². The number of hydrogen-bond acceptors (Lipinski definition) is 3. The number of aromatic nitrogens is 2. The highest BCUT2D eigenvalue weighted by atomic mass is 32.1. The van der Waals surface area contributed by atoms with Crippen molar-refractivity contribution in [2.45, 2.75) is 32.4 Å². The molecule has 3 N–H and O–H groups in total. The summed E-state index contributed by atoms with van der Waals surface area (Å²) in [4.78, 5) is 22.7. The maximum absolute atomic E-state index is 12.6. The summed E-state index contributed by atoms with van der Waals surface area (Å²) < 4.78 is 0. The first-order chi connectivity index (χ1) is 14.5. The highest BCUT2D eigenvalue weighted by molar-refractivity contribution is 7.80. The molecule has 2 atom stereocenters. The molecular weight excluding hydrogens is 394 g/mol. The van der Waals surface area contributed by atoms with Gasteiger partial charge in [-0.05, 0) is 62.0 Å². The monoisotopic (exact) mass is 419 g/mol. The molecule has 30 heavy (non-hydrogen) atoms. The lowest BCUT2D eigenvalue weighted by atomic mass is 10.0. The van der Waals surface area contributed by atoms with Crippen molar-refractivity contribution in [2.75, 3.05) is 11.9 Å². The molecule has 1 aliphatic rings. The number of nitrogens with zero attached hydrogens (tertiary/aromatic N) is 2. The number of hydrogen-bond donors (Lipinski definition) is 3. The molecule has 1 aromatic carbocycles. The summed E-state index contributed by atoms with van der Waals surface area (Å²) in [6, 6.07) is 17.6. The number of carbonyl (C=O) groups excluding carboxylic acids is 1. The van der Waals surface area contributed by atoms with E-state index in [0.29, 0.717) is 18.1 Å². The number of aromatic amines is 1. The van der Waals surface area contributed by atoms with E-state index in [9.17, 15) is 4.79 Å². The third-order valence-corrected chi connectivity index (χ3v) is 5.72. The first-order valence-electron chi connectivity index (χ1n) is 10.0. The molecule has 0 aliphatic carbocycles. The van der Waals surface area contributed by atoms with E-state index in [4.69, 9.17) is 12.2 Å². The van der Waals surface area contributed by atoms with Crippen LogP contribution in [-0.4, -0.2) is 32.4 Å². The Bertz CT molecular complexity index is 1050. The zero-order valence-electron chi connectivity index (χ0n) is 17.1. The van der Waals surface area contributed by atoms with E-state index in [-0.39, 0.29) is 18.0 Å². The van der Waals surface area contributed by atoms with Crippen LogP contribution in [0.1, 0.15) is 41.1 Å². The Labute approximate surface area is 181 Å². The quantitative estimate of drug-likeness (QED) is 0.526. The minimum absolute atomic E-state index is 0.0326. The number of amides is 1. The van der Waals surface area contributed by atoms with Gasteiger partial charge in [-0.2, -0.15) is 0 Å². The first kappa shape index (κ1) is 20.1. The van der Waals surface area contributed by atoms with E-state index in [1.165, 1.54) is 0 Å². The molecule has 6 nitrogen and oxygen atoms in total. The van der Waals surface area contributed by atoms with Crippen LogP contribution in [0.4, 0.5) is 5.69 Å². The smallest absolute Gasteiger partial charge is 0.226 e. The first-order valence-corrected chi connectivity index (χ1v) is 10.4. The minimum Gasteiger partial charge on any atom is -0.361 e. The molecule has 7 heteroatoms. The maximum Gasteiger partial charge on any atom is 0.226 e. The van der Waals surface area contributed by atoms with Crippen molar-refractivity contribution >= 4 is 28.9 Å². The van der Waals surface area contributed by atoms with Gasteiger partial charge < -0.3 is 20.5 Å². The number of aryl methyl sites for hydroxylation is 2. The van der Waals surface area contributed by atoms with Crippen LogP contribution in [0.2, 0.25) is 0 Å². The van der Waals surface area contributed by atoms with E-state index in [1.807, 2.05) is 56.3 Å². The number of thiocarbonyl (C=S) groups is 1. The fourth-order valence-corrected chi connectivity index (χ4v) is 4.16. The number of rotatable bonds is 6. The number of anilines is 1. The van der Waals surface area contributed by atoms with Crippen molar-refractivity contribution < 1.29 is 4.79 Å². The summed E-state index contributed by atoms with van der Waals surface area (Å²) in [5, 5.41) is 7.04. The Kier molecular flexibility index (Phi) is 5.81. The van der Waals surface area contributed by atoms with Crippen molar-refractivity contribution in [3.8, 4) is 0 Å². The standard InChI is InChI=1S/C23H25N5OS/c1-15-7-3-4-8-17(15)26-20(29)12-14-28-22(19-11-10-16(2)25-19)21(27-23(28)30)18-9-5-6-13-24-18/h3-11,13,21-22,25H,12,14H2,1-2H3,(H,26,29)(H,27,30)/t21-,22+/m1/s1. The Hall–Kier alpha value is -3.19. The second-order valence-electron chi connectivity index (χ2n) is 7.53. The predicted octanol–water partition coefficient (Wildman–Crippen LogP) is 4.03. The van der Waals surface area contributed by atoms with Gasteiger partial charge in [-0.25, -0.2) is 0 Å². The number of H-pyrrole nitrogens is 1. The van der Waals surface area contributed by atoms with Gasteiger partial charge in [0.05, 0.1) is 17.8 Å². The van der Waals surface area contributed by atoms with Gasteiger partial charge in [0.15, 0.2) is 5.11 Å². The van der Waals surface area contributed by atoms with Crippen LogP contribution in [0.25, 0.3) is 0 Å². The van der Waals surface area contributed by atoms with Gasteiger partial charge in [-0.1, -0.05) is 24.3 Å². The van der Waals surface area contributed by atoms with Crippen molar-refractivity contribution in [3.05, 3.63) is 83.4 Å². The SMILES string of the molecule is Cc1ccc([C@H]2[C@@H](c3ccccn3)NC(=S)N2CCC(=O)Nc2ccccc2C)[nH]1. The molecule has 0 unspecified atom stereocenters. The summed E-state index contributed by atoms with van der Waals surface area (Å²) in [6.07, 6.45) is 2.12. The van der Waals surface area contributed by atoms with Crippen molar-refractivity contribution in [2.24, 2.45) is 0 Å². The minimum atomic E-state index is -0.0869. The molecule has 1 saturated heterocycles. The summed E-state index contributed by atoms with van der Waals surface area (Å²) in [5.41, 5.74) is 4.94. The molecule has 1 aliphatic heterocycles. The largest absolute Gasteiger partial charge is 0.361 e. The predicted molar refractivity (Wildman–Crippen MR) is 122 cm³/mol. The number of pyridine rings is 1. The van der Waals surface area contributed by atoms with Crippen LogP contribution in [0.15, 0.2) is 60.8 Å². The van der Waals surface area contributed by atoms with Crippen LogP contribution in [0, 0.1) is 13.8 Å². The number of carbonyl (C=O) groups is 1. The molecule has 0 radical (unpaired) electrons. The summed E-state index contributed by atoms with van der Waals surface area (Å²) >= 11 is 5.65. The van der Waals surface area contributed by atoms with Crippen molar-refractivity contribution in [1.82, 2.24) is 20.2 Å². The normalized spacial score (nSPS) is 18.3. The second-order valence-corrected chi connectivity index (χ2v) is 7.92. The Balaban J connectivity index is 1.52. The van der Waals surface area contributed by atoms with Crippen LogP contribution < -0.4 is 10.6 Å². The Morgan fingerprint density at radius 2 is 1.93 bits per heavy atom. The van der Waals surface area contributed by atoms with E-state index in [0.717, 1.165) is 28.3 Å². The molecule has 1 fully saturated rings. The summed E-state index contributed by atoms with van der Waals surface area (Å²) in [5.74, 6) is -0.0326. The lowest BCUT2D eigenvalue weighted by molar-refractivity contribution is -0.116. The average molecular weight is 420 g/mol. The zero-order chi connectivity index (χ0) is 21.1. The maximum atomic E-state index is 12.6. The van der Waals surface area contributed by atoms with E-state index < -0.39 is 0 Å². The van der Waals surface area contributed by atoms with E-state index in [2.05, 4.69) is 37.6 Å². The topological polar surface area (TPSA) is 73.1 Å². The van der Waals surface area contributed by atoms with Gasteiger partial charge in [0.1, 0.15) is 0 Å². The van der Waals surface area contributed by atoms with Crippen molar-refractivity contribution in [3.63, 3.8) is 0 Å². The molecule has 1 amide bonds. The second kappa shape index (κ2) is 8.67. The van der Waals surface area contributed by atoms with Crippen LogP contribution in [0.5, 0.6) is 0 Å². The van der Waals surface area contributed by atoms with E-state index in [1.54, 1.807) is 6.20 Å². The van der Waals surface area contributed by atoms with E-state index >= 15 is 0 Å². The van der Waals surface area contributed by atoms with Gasteiger partial charge in [0, 0.05) is 36.2 Å².